The first-order valence-corrected chi connectivity index (χ1v) is 3.11. The molecule has 1 amide bonds. The van der Waals surface area contributed by atoms with Crippen LogP contribution in [-0.4, -0.2) is 16.8 Å². The highest BCUT2D eigenvalue weighted by Gasteiger charge is 2.20. The Kier molecular flexibility index (Phi) is 1.73. The summed E-state index contributed by atoms with van der Waals surface area (Å²) < 4.78 is 12.7. The predicted octanol–water partition coefficient (Wildman–Crippen LogP) is 1.14. The summed E-state index contributed by atoms with van der Waals surface area (Å²) in [6.07, 6.45) is 1.31. The van der Waals surface area contributed by atoms with Crippen LogP contribution in [0.3, 0.4) is 0 Å². The standard InChI is InChI=1S/C4H6FNOS/c5-8-6-3-1-2-4(6)7/h1-3H2. The highest BCUT2D eigenvalue weighted by molar-refractivity contribution is 7.92. The molecule has 8 heavy (non-hydrogen) atoms. The Balaban J connectivity index is 2.42. The van der Waals surface area contributed by atoms with Crippen LogP contribution in [-0.2, 0) is 4.79 Å². The molecule has 1 aliphatic heterocycles. The van der Waals surface area contributed by atoms with Gasteiger partial charge in [-0.25, -0.2) is 0 Å². The number of halogens is 1. The summed E-state index contributed by atoms with van der Waals surface area (Å²) >= 11 is 0.0243. The van der Waals surface area contributed by atoms with Gasteiger partial charge in [-0.3, -0.25) is 9.10 Å². The number of hydrogen-bond donors (Lipinski definition) is 0. The van der Waals surface area contributed by atoms with Gasteiger partial charge in [-0.15, -0.1) is 3.89 Å². The summed E-state index contributed by atoms with van der Waals surface area (Å²) in [7, 11) is 0. The molecule has 46 valence electrons. The molecule has 1 rings (SSSR count). The van der Waals surface area contributed by atoms with Gasteiger partial charge in [-0.1, -0.05) is 0 Å². The molecular weight excluding hydrogens is 129 g/mol. The quantitative estimate of drug-likeness (QED) is 0.502. The van der Waals surface area contributed by atoms with Crippen molar-refractivity contribution in [2.45, 2.75) is 12.8 Å². The van der Waals surface area contributed by atoms with Crippen LogP contribution in [0.15, 0.2) is 0 Å². The molecule has 0 atom stereocenters. The molecular formula is C4H6FNOS. The number of nitrogens with zero attached hydrogens (tertiary/aromatic N) is 1. The topological polar surface area (TPSA) is 20.3 Å². The molecule has 1 aliphatic rings. The number of carbonyl (C=O) groups excluding carboxylic acids is 1. The molecule has 0 spiro atoms. The zero-order valence-corrected chi connectivity index (χ0v) is 5.08. The maximum Gasteiger partial charge on any atom is 0.234 e. The lowest BCUT2D eigenvalue weighted by molar-refractivity contribution is -0.123. The third-order valence-electron chi connectivity index (χ3n) is 1.11. The normalized spacial score (nSPS) is 20.1. The Bertz CT molecular complexity index is 108. The van der Waals surface area contributed by atoms with Crippen molar-refractivity contribution in [1.29, 1.82) is 0 Å². The van der Waals surface area contributed by atoms with E-state index in [1.807, 2.05) is 0 Å². The molecule has 2 nitrogen and oxygen atoms in total. The Labute approximate surface area is 51.5 Å². The lowest BCUT2D eigenvalue weighted by Crippen LogP contribution is -2.13. The highest BCUT2D eigenvalue weighted by atomic mass is 32.2. The lowest BCUT2D eigenvalue weighted by atomic mass is 10.4. The van der Waals surface area contributed by atoms with Crippen molar-refractivity contribution in [1.82, 2.24) is 4.31 Å². The monoisotopic (exact) mass is 135 g/mol. The summed E-state index contributed by atoms with van der Waals surface area (Å²) in [5.41, 5.74) is 0. The van der Waals surface area contributed by atoms with E-state index in [1.54, 1.807) is 0 Å². The second-order valence-electron chi connectivity index (χ2n) is 1.67. The Morgan fingerprint density at radius 2 is 2.50 bits per heavy atom. The molecule has 0 N–H and O–H groups in total. The van der Waals surface area contributed by atoms with Crippen molar-refractivity contribution in [2.75, 3.05) is 6.54 Å². The van der Waals surface area contributed by atoms with Crippen molar-refractivity contribution in [3.05, 3.63) is 0 Å². The van der Waals surface area contributed by atoms with E-state index in [4.69, 9.17) is 0 Å². The first kappa shape index (κ1) is 5.88. The van der Waals surface area contributed by atoms with Gasteiger partial charge in [0.15, 0.2) is 12.3 Å². The van der Waals surface area contributed by atoms with Gasteiger partial charge in [0.2, 0.25) is 5.91 Å². The van der Waals surface area contributed by atoms with Gasteiger partial charge in [0, 0.05) is 13.0 Å². The number of hydrogen-bond acceptors (Lipinski definition) is 2. The Morgan fingerprint density at radius 1 is 1.75 bits per heavy atom. The molecule has 0 aliphatic carbocycles. The number of rotatable bonds is 1. The van der Waals surface area contributed by atoms with Gasteiger partial charge in [0.25, 0.3) is 0 Å². The average Bonchev–Trinajstić information content (AvgIpc) is 2.14. The summed E-state index contributed by atoms with van der Waals surface area (Å²) in [5.74, 6) is -0.0856. The van der Waals surface area contributed by atoms with E-state index in [-0.39, 0.29) is 18.2 Å². The smallest absolute Gasteiger partial charge is 0.234 e. The summed E-state index contributed by atoms with van der Waals surface area (Å²) in [6, 6.07) is 0. The van der Waals surface area contributed by atoms with Crippen LogP contribution in [0.4, 0.5) is 3.89 Å². The molecule has 0 unspecified atom stereocenters. The lowest BCUT2D eigenvalue weighted by Gasteiger charge is -2.03. The largest absolute Gasteiger partial charge is 0.274 e. The molecule has 0 aromatic carbocycles. The fraction of sp³-hybridized carbons (Fsp3) is 0.750. The fourth-order valence-corrected chi connectivity index (χ4v) is 1.06. The van der Waals surface area contributed by atoms with Crippen LogP contribution in [0.2, 0.25) is 0 Å². The number of carbonyl (C=O) groups is 1. The molecule has 0 radical (unpaired) electrons. The van der Waals surface area contributed by atoms with Crippen molar-refractivity contribution >= 4 is 18.2 Å². The van der Waals surface area contributed by atoms with E-state index in [1.165, 1.54) is 0 Å². The maximum atomic E-state index is 11.6. The van der Waals surface area contributed by atoms with E-state index in [0.717, 1.165) is 10.7 Å². The molecule has 1 fully saturated rings. The van der Waals surface area contributed by atoms with Gasteiger partial charge < -0.3 is 0 Å². The highest BCUT2D eigenvalue weighted by Crippen LogP contribution is 2.19. The van der Waals surface area contributed by atoms with E-state index < -0.39 is 0 Å². The van der Waals surface area contributed by atoms with E-state index in [2.05, 4.69) is 0 Å². The predicted molar refractivity (Wildman–Crippen MR) is 29.6 cm³/mol. The van der Waals surface area contributed by atoms with Gasteiger partial charge in [0.05, 0.1) is 0 Å². The van der Waals surface area contributed by atoms with Crippen LogP contribution >= 0.6 is 12.3 Å². The maximum absolute atomic E-state index is 11.6. The van der Waals surface area contributed by atoms with Crippen molar-refractivity contribution in [2.24, 2.45) is 0 Å². The van der Waals surface area contributed by atoms with Crippen molar-refractivity contribution in [3.63, 3.8) is 0 Å². The molecule has 0 aromatic rings. The SMILES string of the molecule is O=C1CCCN1SF. The van der Waals surface area contributed by atoms with Gasteiger partial charge >= 0.3 is 0 Å². The van der Waals surface area contributed by atoms with Crippen LogP contribution in [0.25, 0.3) is 0 Å². The molecule has 1 heterocycles. The summed E-state index contributed by atoms with van der Waals surface area (Å²) in [6.45, 7) is 0.569. The molecule has 0 bridgehead atoms. The molecule has 0 aromatic heterocycles. The minimum absolute atomic E-state index is 0.0243. The first-order valence-electron chi connectivity index (χ1n) is 2.43. The zero-order valence-electron chi connectivity index (χ0n) is 4.26. The Hall–Kier alpha value is -0.250. The van der Waals surface area contributed by atoms with Crippen molar-refractivity contribution < 1.29 is 8.68 Å². The molecule has 4 heteroatoms. The van der Waals surface area contributed by atoms with E-state index >= 15 is 0 Å². The molecule has 1 saturated heterocycles. The van der Waals surface area contributed by atoms with Gasteiger partial charge in [-0.05, 0) is 6.42 Å². The second-order valence-corrected chi connectivity index (χ2v) is 2.25. The van der Waals surface area contributed by atoms with Crippen LogP contribution < -0.4 is 0 Å². The minimum atomic E-state index is -0.0856. The third-order valence-corrected chi connectivity index (χ3v) is 1.67. The second kappa shape index (κ2) is 2.35. The van der Waals surface area contributed by atoms with Gasteiger partial charge in [0.1, 0.15) is 0 Å². The average molecular weight is 135 g/mol. The summed E-state index contributed by atoms with van der Waals surface area (Å²) in [5, 5.41) is 0. The fourth-order valence-electron chi connectivity index (χ4n) is 0.696. The zero-order chi connectivity index (χ0) is 5.98. The summed E-state index contributed by atoms with van der Waals surface area (Å²) in [4.78, 5) is 10.5. The van der Waals surface area contributed by atoms with Crippen LogP contribution in [0.5, 0.6) is 0 Å². The van der Waals surface area contributed by atoms with Crippen LogP contribution in [0, 0.1) is 0 Å². The van der Waals surface area contributed by atoms with Crippen LogP contribution in [0.1, 0.15) is 12.8 Å². The van der Waals surface area contributed by atoms with Gasteiger partial charge in [-0.2, -0.15) is 0 Å². The Morgan fingerprint density at radius 3 is 2.75 bits per heavy atom. The van der Waals surface area contributed by atoms with Crippen molar-refractivity contribution in [3.8, 4) is 0 Å². The minimum Gasteiger partial charge on any atom is -0.274 e. The van der Waals surface area contributed by atoms with E-state index in [0.29, 0.717) is 13.0 Å². The molecule has 0 saturated carbocycles. The first-order chi connectivity index (χ1) is 3.84. The van der Waals surface area contributed by atoms with E-state index in [9.17, 15) is 8.68 Å². The third kappa shape index (κ3) is 0.940. The number of amides is 1.